The standard InChI is InChI=1S/C24H24N8O/c1-15-12-31(20-6-3-17(10-25)4-7-20)22-9-18(19-11-27-30(13-19)14-23(26)33)5-8-21(22)32-16(2)28-29-24(15)32/h3-9,11,15,19H,12-14H2,1-2H3,(H2,26,33)/t15-,19?/m1/s1. The van der Waals surface area contributed by atoms with Gasteiger partial charge in [-0.25, -0.2) is 0 Å². The molecule has 166 valence electrons. The highest BCUT2D eigenvalue weighted by Gasteiger charge is 2.30. The fraction of sp³-hybridized carbons (Fsp3) is 0.292. The van der Waals surface area contributed by atoms with Crippen molar-refractivity contribution in [3.8, 4) is 11.8 Å². The van der Waals surface area contributed by atoms with Crippen LogP contribution in [0.3, 0.4) is 0 Å². The number of aromatic nitrogens is 3. The van der Waals surface area contributed by atoms with Crippen molar-refractivity contribution in [3.05, 3.63) is 65.2 Å². The van der Waals surface area contributed by atoms with Crippen LogP contribution in [0.5, 0.6) is 0 Å². The molecule has 0 fully saturated rings. The molecule has 0 aliphatic carbocycles. The third kappa shape index (κ3) is 3.69. The second-order valence-electron chi connectivity index (χ2n) is 8.54. The highest BCUT2D eigenvalue weighted by Crippen LogP contribution is 2.40. The maximum atomic E-state index is 11.3. The number of nitriles is 1. The van der Waals surface area contributed by atoms with Gasteiger partial charge in [0, 0.05) is 36.8 Å². The van der Waals surface area contributed by atoms with Gasteiger partial charge in [-0.3, -0.25) is 14.4 Å². The molecule has 3 aromatic rings. The fourth-order valence-corrected chi connectivity index (χ4v) is 4.56. The van der Waals surface area contributed by atoms with E-state index in [9.17, 15) is 10.1 Å². The van der Waals surface area contributed by atoms with Gasteiger partial charge in [-0.1, -0.05) is 13.0 Å². The first-order valence-corrected chi connectivity index (χ1v) is 10.9. The van der Waals surface area contributed by atoms with Gasteiger partial charge in [0.15, 0.2) is 0 Å². The SMILES string of the molecule is Cc1nnc2n1-c1ccc(C3C=NN(CC(N)=O)C3)cc1N(c1ccc(C#N)cc1)C[C@H]2C. The van der Waals surface area contributed by atoms with Crippen LogP contribution < -0.4 is 10.6 Å². The summed E-state index contributed by atoms with van der Waals surface area (Å²) in [6.07, 6.45) is 1.87. The molecule has 9 nitrogen and oxygen atoms in total. The lowest BCUT2D eigenvalue weighted by atomic mass is 9.99. The van der Waals surface area contributed by atoms with Gasteiger partial charge >= 0.3 is 0 Å². The van der Waals surface area contributed by atoms with Crippen LogP contribution in [0.4, 0.5) is 11.4 Å². The number of hydrogen-bond donors (Lipinski definition) is 1. The number of hydrazone groups is 1. The number of anilines is 2. The van der Waals surface area contributed by atoms with Crippen molar-refractivity contribution in [2.45, 2.75) is 25.7 Å². The zero-order chi connectivity index (χ0) is 23.1. The number of rotatable bonds is 4. The maximum Gasteiger partial charge on any atom is 0.238 e. The van der Waals surface area contributed by atoms with Gasteiger partial charge in [-0.05, 0) is 48.9 Å². The van der Waals surface area contributed by atoms with Crippen LogP contribution in [0.1, 0.15) is 41.5 Å². The van der Waals surface area contributed by atoms with E-state index in [2.05, 4.69) is 56.0 Å². The van der Waals surface area contributed by atoms with Crippen LogP contribution >= 0.6 is 0 Å². The molecule has 0 saturated carbocycles. The summed E-state index contributed by atoms with van der Waals surface area (Å²) in [7, 11) is 0. The Balaban J connectivity index is 1.60. The molecule has 3 heterocycles. The van der Waals surface area contributed by atoms with Gasteiger partial charge in [-0.15, -0.1) is 10.2 Å². The molecule has 2 aromatic carbocycles. The van der Waals surface area contributed by atoms with E-state index in [1.165, 1.54) is 0 Å². The van der Waals surface area contributed by atoms with Gasteiger partial charge in [0.05, 0.1) is 23.0 Å². The molecule has 2 N–H and O–H groups in total. The summed E-state index contributed by atoms with van der Waals surface area (Å²) in [6.45, 7) is 5.54. The van der Waals surface area contributed by atoms with Crippen molar-refractivity contribution >= 4 is 23.5 Å². The molecule has 2 atom stereocenters. The molecule has 0 radical (unpaired) electrons. The number of primary amides is 1. The number of aryl methyl sites for hydroxylation is 1. The van der Waals surface area contributed by atoms with Gasteiger partial charge in [-0.2, -0.15) is 10.4 Å². The topological polar surface area (TPSA) is 116 Å². The van der Waals surface area contributed by atoms with Crippen molar-refractivity contribution < 1.29 is 4.79 Å². The Kier molecular flexibility index (Phi) is 5.05. The minimum Gasteiger partial charge on any atom is -0.368 e. The minimum atomic E-state index is -0.397. The highest BCUT2D eigenvalue weighted by atomic mass is 16.1. The molecule has 2 aliphatic heterocycles. The zero-order valence-electron chi connectivity index (χ0n) is 18.5. The number of amides is 1. The Labute approximate surface area is 191 Å². The summed E-state index contributed by atoms with van der Waals surface area (Å²) < 4.78 is 2.12. The summed E-state index contributed by atoms with van der Waals surface area (Å²) >= 11 is 0. The van der Waals surface area contributed by atoms with Crippen LogP contribution in [0.25, 0.3) is 5.69 Å². The number of hydrogen-bond acceptors (Lipinski definition) is 7. The number of carbonyl (C=O) groups excluding carboxylic acids is 1. The first-order valence-electron chi connectivity index (χ1n) is 10.9. The van der Waals surface area contributed by atoms with Gasteiger partial charge < -0.3 is 10.6 Å². The molecule has 0 spiro atoms. The maximum absolute atomic E-state index is 11.3. The van der Waals surface area contributed by atoms with E-state index in [0.717, 1.165) is 34.3 Å². The van der Waals surface area contributed by atoms with Crippen LogP contribution in [0.15, 0.2) is 47.6 Å². The van der Waals surface area contributed by atoms with Crippen molar-refractivity contribution in [2.75, 3.05) is 24.5 Å². The van der Waals surface area contributed by atoms with Gasteiger partial charge in [0.1, 0.15) is 18.2 Å². The Hall–Kier alpha value is -4.19. The zero-order valence-corrected chi connectivity index (χ0v) is 18.5. The molecule has 5 rings (SSSR count). The Morgan fingerprint density at radius 1 is 1.15 bits per heavy atom. The highest BCUT2D eigenvalue weighted by molar-refractivity contribution is 5.79. The quantitative estimate of drug-likeness (QED) is 0.666. The van der Waals surface area contributed by atoms with E-state index in [1.54, 1.807) is 5.01 Å². The molecular formula is C24H24N8O. The monoisotopic (exact) mass is 440 g/mol. The second kappa shape index (κ2) is 8.06. The third-order valence-corrected chi connectivity index (χ3v) is 6.17. The Bertz CT molecular complexity index is 1290. The summed E-state index contributed by atoms with van der Waals surface area (Å²) in [6, 6.07) is 16.2. The summed E-state index contributed by atoms with van der Waals surface area (Å²) in [5.74, 6) is 1.55. The van der Waals surface area contributed by atoms with Gasteiger partial charge in [0.2, 0.25) is 5.91 Å². The molecule has 1 aromatic heterocycles. The average Bonchev–Trinajstić information content (AvgIpc) is 3.40. The number of carbonyl (C=O) groups is 1. The number of fused-ring (bicyclic) bond motifs is 3. The van der Waals surface area contributed by atoms with Crippen LogP contribution in [0, 0.1) is 18.3 Å². The number of benzene rings is 2. The third-order valence-electron chi connectivity index (χ3n) is 6.17. The van der Waals surface area contributed by atoms with E-state index in [1.807, 2.05) is 37.4 Å². The molecule has 0 saturated heterocycles. The van der Waals surface area contributed by atoms with E-state index < -0.39 is 5.91 Å². The number of nitrogens with two attached hydrogens (primary N) is 1. The van der Waals surface area contributed by atoms with Crippen molar-refractivity contribution in [1.29, 1.82) is 5.26 Å². The first kappa shape index (κ1) is 20.7. The molecule has 9 heteroatoms. The van der Waals surface area contributed by atoms with E-state index in [-0.39, 0.29) is 18.4 Å². The molecule has 33 heavy (non-hydrogen) atoms. The fourth-order valence-electron chi connectivity index (χ4n) is 4.56. The van der Waals surface area contributed by atoms with Crippen LogP contribution in [0.2, 0.25) is 0 Å². The first-order chi connectivity index (χ1) is 15.9. The van der Waals surface area contributed by atoms with E-state index in [4.69, 9.17) is 5.73 Å². The summed E-state index contributed by atoms with van der Waals surface area (Å²) in [5, 5.41) is 24.1. The Morgan fingerprint density at radius 3 is 2.67 bits per heavy atom. The predicted molar refractivity (Wildman–Crippen MR) is 125 cm³/mol. The van der Waals surface area contributed by atoms with Crippen molar-refractivity contribution in [1.82, 2.24) is 19.8 Å². The normalized spacial score (nSPS) is 19.1. The summed E-state index contributed by atoms with van der Waals surface area (Å²) in [4.78, 5) is 13.6. The lowest BCUT2D eigenvalue weighted by Gasteiger charge is -2.27. The summed E-state index contributed by atoms with van der Waals surface area (Å²) in [5.41, 5.74) is 10.1. The lowest BCUT2D eigenvalue weighted by molar-refractivity contribution is -0.119. The molecule has 1 amide bonds. The predicted octanol–water partition coefficient (Wildman–Crippen LogP) is 2.57. The molecule has 1 unspecified atom stereocenters. The molecular weight excluding hydrogens is 416 g/mol. The van der Waals surface area contributed by atoms with E-state index >= 15 is 0 Å². The van der Waals surface area contributed by atoms with Crippen molar-refractivity contribution in [2.24, 2.45) is 10.8 Å². The average molecular weight is 441 g/mol. The second-order valence-corrected chi connectivity index (χ2v) is 8.54. The lowest BCUT2D eigenvalue weighted by Crippen LogP contribution is -2.29. The minimum absolute atomic E-state index is 0.0552. The molecule has 2 aliphatic rings. The number of nitrogens with zero attached hydrogens (tertiary/aromatic N) is 7. The molecule has 0 bridgehead atoms. The van der Waals surface area contributed by atoms with Crippen LogP contribution in [-0.2, 0) is 4.79 Å². The van der Waals surface area contributed by atoms with Crippen molar-refractivity contribution in [3.63, 3.8) is 0 Å². The Morgan fingerprint density at radius 2 is 1.94 bits per heavy atom. The van der Waals surface area contributed by atoms with Crippen LogP contribution in [-0.4, -0.2) is 51.5 Å². The van der Waals surface area contributed by atoms with Gasteiger partial charge in [0.25, 0.3) is 0 Å². The largest absolute Gasteiger partial charge is 0.368 e. The smallest absolute Gasteiger partial charge is 0.238 e. The van der Waals surface area contributed by atoms with E-state index in [0.29, 0.717) is 18.7 Å².